The van der Waals surface area contributed by atoms with Crippen LogP contribution in [0.3, 0.4) is 0 Å². The third-order valence-corrected chi connectivity index (χ3v) is 20.9. The van der Waals surface area contributed by atoms with E-state index < -0.39 is 124 Å². The number of ether oxygens (including phenoxy) is 6. The monoisotopic (exact) mass is 1580 g/mol. The molecule has 12 N–H and O–H groups in total. The second kappa shape index (κ2) is 70.8. The lowest BCUT2D eigenvalue weighted by Crippen LogP contribution is -2.66. The second-order valence-electron chi connectivity index (χ2n) is 30.6. The van der Waals surface area contributed by atoms with Gasteiger partial charge in [0.15, 0.2) is 18.9 Å². The Morgan fingerprint density at radius 1 is 0.330 bits per heavy atom. The molecule has 19 heteroatoms. The predicted molar refractivity (Wildman–Crippen MR) is 452 cm³/mol. The maximum absolute atomic E-state index is 13.5. The van der Waals surface area contributed by atoms with E-state index in [1.807, 2.05) is 6.08 Å². The molecular weight excluding hydrogens is 1420 g/mol. The largest absolute Gasteiger partial charge is 0.394 e. The number of carbonyl (C=O) groups is 1. The molecule has 17 atom stereocenters. The van der Waals surface area contributed by atoms with Gasteiger partial charge < -0.3 is 89.9 Å². The van der Waals surface area contributed by atoms with Gasteiger partial charge in [-0.05, 0) is 103 Å². The van der Waals surface area contributed by atoms with E-state index in [0.29, 0.717) is 6.42 Å². The number of nitrogens with one attached hydrogen (secondary N) is 1. The van der Waals surface area contributed by atoms with E-state index in [0.717, 1.165) is 128 Å². The van der Waals surface area contributed by atoms with E-state index in [2.05, 4.69) is 153 Å². The van der Waals surface area contributed by atoms with Crippen molar-refractivity contribution in [1.29, 1.82) is 0 Å². The number of unbranched alkanes of at least 4 members (excludes halogenated alkanes) is 31. The van der Waals surface area contributed by atoms with Gasteiger partial charge in [0.05, 0.1) is 38.6 Å². The first-order valence-electron chi connectivity index (χ1n) is 44.1. The number of rotatable bonds is 69. The van der Waals surface area contributed by atoms with Gasteiger partial charge >= 0.3 is 0 Å². The van der Waals surface area contributed by atoms with E-state index in [4.69, 9.17) is 28.4 Å². The SMILES string of the molecule is CC/C=C\C/C=C\C/C=C\C/C=C\C/C=C\C/C=C\C/C=C\C/C=C\C/C=C\C/C=C\C/C=C\CCCCCCCC(=O)NC(COC1OC(CO)C(OC2OC(CO)C(OC3OC(CO)C(O)C(O)C3O)C(O)C2O)C(O)C1O)C(O)/C=C/CCCCCCCCCCCCCCCCCCCCCCCCCCCC. The van der Waals surface area contributed by atoms with Gasteiger partial charge in [0.2, 0.25) is 5.91 Å². The summed E-state index contributed by atoms with van der Waals surface area (Å²) in [6.07, 6.45) is 76.9. The summed E-state index contributed by atoms with van der Waals surface area (Å²) in [6, 6.07) is -0.997. The average molecular weight is 1580 g/mol. The van der Waals surface area contributed by atoms with E-state index in [1.165, 1.54) is 148 Å². The Balaban J connectivity index is 1.36. The van der Waals surface area contributed by atoms with Crippen LogP contribution >= 0.6 is 0 Å². The number of allylic oxidation sites excluding steroid dienone is 23. The van der Waals surface area contributed by atoms with Crippen LogP contribution in [0.15, 0.2) is 146 Å². The minimum absolute atomic E-state index is 0.212. The zero-order valence-corrected chi connectivity index (χ0v) is 69.1. The Hall–Kier alpha value is -4.33. The second-order valence-corrected chi connectivity index (χ2v) is 30.6. The molecule has 0 aliphatic carbocycles. The Kier molecular flexibility index (Phi) is 64.4. The summed E-state index contributed by atoms with van der Waals surface area (Å²) < 4.78 is 34.5. The Labute approximate surface area is 676 Å². The van der Waals surface area contributed by atoms with Crippen LogP contribution in [0, 0.1) is 0 Å². The maximum Gasteiger partial charge on any atom is 0.220 e. The molecule has 3 heterocycles. The highest BCUT2D eigenvalue weighted by Crippen LogP contribution is 2.33. The topological polar surface area (TPSA) is 307 Å². The van der Waals surface area contributed by atoms with Crippen LogP contribution in [0.4, 0.5) is 0 Å². The number of aliphatic hydroxyl groups excluding tert-OH is 11. The van der Waals surface area contributed by atoms with E-state index in [9.17, 15) is 61.0 Å². The van der Waals surface area contributed by atoms with Crippen molar-refractivity contribution < 1.29 is 89.4 Å². The molecule has 0 spiro atoms. The van der Waals surface area contributed by atoms with Gasteiger partial charge in [-0.1, -0.05) is 339 Å². The smallest absolute Gasteiger partial charge is 0.220 e. The summed E-state index contributed by atoms with van der Waals surface area (Å²) in [5.74, 6) is -0.297. The van der Waals surface area contributed by atoms with Gasteiger partial charge in [0, 0.05) is 6.42 Å². The lowest BCUT2D eigenvalue weighted by Gasteiger charge is -2.48. The van der Waals surface area contributed by atoms with Gasteiger partial charge in [0.1, 0.15) is 73.2 Å². The van der Waals surface area contributed by atoms with Crippen LogP contribution in [0.25, 0.3) is 0 Å². The van der Waals surface area contributed by atoms with Crippen molar-refractivity contribution >= 4 is 5.91 Å². The average Bonchev–Trinajstić information content (AvgIpc) is 0.780. The van der Waals surface area contributed by atoms with Gasteiger partial charge in [-0.2, -0.15) is 0 Å². The van der Waals surface area contributed by atoms with Crippen LogP contribution in [-0.2, 0) is 33.2 Å². The van der Waals surface area contributed by atoms with Crippen molar-refractivity contribution in [2.24, 2.45) is 0 Å². The van der Waals surface area contributed by atoms with Crippen LogP contribution in [0.1, 0.15) is 303 Å². The maximum atomic E-state index is 13.5. The van der Waals surface area contributed by atoms with Crippen molar-refractivity contribution in [2.75, 3.05) is 26.4 Å². The first-order chi connectivity index (χ1) is 54.8. The van der Waals surface area contributed by atoms with Crippen molar-refractivity contribution in [3.05, 3.63) is 146 Å². The summed E-state index contributed by atoms with van der Waals surface area (Å²) in [7, 11) is 0. The Morgan fingerprint density at radius 2 is 0.616 bits per heavy atom. The number of carbonyl (C=O) groups excluding carboxylic acids is 1. The first kappa shape index (κ1) is 102. The number of hydrogen-bond acceptors (Lipinski definition) is 18. The highest BCUT2D eigenvalue weighted by atomic mass is 16.8. The lowest BCUT2D eigenvalue weighted by molar-refractivity contribution is -0.379. The molecule has 0 aromatic heterocycles. The zero-order valence-electron chi connectivity index (χ0n) is 69.1. The molecule has 3 rings (SSSR count). The molecule has 0 saturated carbocycles. The van der Waals surface area contributed by atoms with Gasteiger partial charge in [-0.25, -0.2) is 0 Å². The molecule has 17 unspecified atom stereocenters. The minimum atomic E-state index is -1.99. The lowest BCUT2D eigenvalue weighted by atomic mass is 9.96. The highest BCUT2D eigenvalue weighted by molar-refractivity contribution is 5.76. The van der Waals surface area contributed by atoms with Gasteiger partial charge in [0.25, 0.3) is 0 Å². The van der Waals surface area contributed by atoms with Crippen molar-refractivity contribution in [3.63, 3.8) is 0 Å². The molecule has 19 nitrogen and oxygen atoms in total. The first-order valence-corrected chi connectivity index (χ1v) is 44.1. The summed E-state index contributed by atoms with van der Waals surface area (Å²) in [4.78, 5) is 13.5. The molecule has 1 amide bonds. The van der Waals surface area contributed by atoms with Crippen molar-refractivity contribution in [3.8, 4) is 0 Å². The molecule has 0 radical (unpaired) electrons. The van der Waals surface area contributed by atoms with E-state index in [-0.39, 0.29) is 18.9 Å². The van der Waals surface area contributed by atoms with E-state index in [1.54, 1.807) is 6.08 Å². The summed E-state index contributed by atoms with van der Waals surface area (Å²) >= 11 is 0. The third-order valence-electron chi connectivity index (χ3n) is 20.9. The molecule has 0 aromatic carbocycles. The quantitative estimate of drug-likeness (QED) is 0.0199. The zero-order chi connectivity index (χ0) is 81.0. The fourth-order valence-electron chi connectivity index (χ4n) is 13.9. The van der Waals surface area contributed by atoms with Crippen LogP contribution < -0.4 is 5.32 Å². The predicted octanol–water partition coefficient (Wildman–Crippen LogP) is 16.6. The molecule has 112 heavy (non-hydrogen) atoms. The van der Waals surface area contributed by atoms with Gasteiger partial charge in [-0.15, -0.1) is 0 Å². The van der Waals surface area contributed by atoms with Crippen LogP contribution in [0.2, 0.25) is 0 Å². The Morgan fingerprint density at radius 3 is 0.964 bits per heavy atom. The van der Waals surface area contributed by atoms with E-state index >= 15 is 0 Å². The van der Waals surface area contributed by atoms with Crippen LogP contribution in [0.5, 0.6) is 0 Å². The molecule has 3 fully saturated rings. The molecular formula is C93H157NO18. The fraction of sp³-hybridized carbons (Fsp3) is 0.731. The molecule has 0 bridgehead atoms. The number of amides is 1. The normalized spacial score (nSPS) is 25.7. The van der Waals surface area contributed by atoms with Gasteiger partial charge in [-0.3, -0.25) is 4.79 Å². The van der Waals surface area contributed by atoms with Crippen molar-refractivity contribution in [1.82, 2.24) is 5.32 Å². The molecule has 3 aliphatic heterocycles. The molecule has 642 valence electrons. The molecule has 3 aliphatic rings. The fourth-order valence-corrected chi connectivity index (χ4v) is 13.9. The standard InChI is InChI=1S/C93H157NO18/c1-3-5-7-9-11-13-15-17-19-21-23-25-27-29-31-33-34-35-36-37-38-39-40-41-42-43-45-47-49-51-53-55-57-59-61-63-65-67-69-71-81(99)94-76(77(98)70-68-66-64-62-60-58-56-54-52-50-48-46-44-32-30-28-26-24-22-20-18-16-14-12-10-8-6-4-2)75-107-91-87(105)84(102)89(79(73-96)109-91)112-93-88(106)85(103)90(80(74-97)110-93)111-92-86(104)83(101)82(100)78(72-95)108-92/h5,7,11,13,17,19,23,25,29,31,34-35,37-38,40-41,43,45,49,51,55,57,68,70,76-80,82-93,95-98,100-106H,3-4,6,8-10,12,14-16,18,20-22,24,26-28,30,32-33,36,39,42,44,46-48,50,52-54,56,58-67,69,71-75H2,1-2H3,(H,94,99)/b7-5-,13-11-,19-17-,25-23-,31-29-,35-34-,38-37-,41-40-,45-43-,51-49-,57-55-,70-68+. The minimum Gasteiger partial charge on any atom is -0.394 e. The Bertz CT molecular complexity index is 2590. The summed E-state index contributed by atoms with van der Waals surface area (Å²) in [5, 5.41) is 121. The highest BCUT2D eigenvalue weighted by Gasteiger charge is 2.54. The number of aliphatic hydroxyl groups is 11. The van der Waals surface area contributed by atoms with Crippen LogP contribution in [-0.4, -0.2) is 193 Å². The number of hydrogen-bond donors (Lipinski definition) is 12. The van der Waals surface area contributed by atoms with Crippen molar-refractivity contribution in [2.45, 2.75) is 407 Å². The third kappa shape index (κ3) is 49.0. The summed E-state index contributed by atoms with van der Waals surface area (Å²) in [6.45, 7) is 1.63. The molecule has 3 saturated heterocycles. The summed E-state index contributed by atoms with van der Waals surface area (Å²) in [5.41, 5.74) is 0. The molecule has 0 aromatic rings.